The Morgan fingerprint density at radius 2 is 2.40 bits per heavy atom. The molecular weight excluding hydrogens is 126 g/mol. The Labute approximate surface area is 59.7 Å². The number of nitrogens with one attached hydrogen (secondary N) is 1. The van der Waals surface area contributed by atoms with Gasteiger partial charge in [-0.3, -0.25) is 0 Å². The van der Waals surface area contributed by atoms with Crippen LogP contribution in [0.2, 0.25) is 0 Å². The molecule has 1 aliphatic carbocycles. The van der Waals surface area contributed by atoms with Crippen molar-refractivity contribution in [1.82, 2.24) is 9.97 Å². The Morgan fingerprint density at radius 3 is 2.80 bits per heavy atom. The third-order valence-electron chi connectivity index (χ3n) is 2.28. The average molecular weight is 137 g/mol. The number of nitrogens with two attached hydrogens (primary N) is 1. The summed E-state index contributed by atoms with van der Waals surface area (Å²) >= 11 is 0. The summed E-state index contributed by atoms with van der Waals surface area (Å²) in [4.78, 5) is 6.98. The summed E-state index contributed by atoms with van der Waals surface area (Å²) in [7, 11) is 0. The molecule has 0 saturated heterocycles. The summed E-state index contributed by atoms with van der Waals surface area (Å²) < 4.78 is 0. The molecule has 0 radical (unpaired) electrons. The number of hydrogen-bond donors (Lipinski definition) is 2. The van der Waals surface area contributed by atoms with Crippen LogP contribution in [-0.4, -0.2) is 9.97 Å². The minimum atomic E-state index is -0.0729. The van der Waals surface area contributed by atoms with Crippen molar-refractivity contribution in [2.45, 2.75) is 24.8 Å². The molecule has 0 spiro atoms. The molecule has 1 heterocycles. The molecule has 2 rings (SSSR count). The third kappa shape index (κ3) is 0.671. The summed E-state index contributed by atoms with van der Waals surface area (Å²) in [5, 5.41) is 0. The van der Waals surface area contributed by atoms with Crippen LogP contribution in [0.4, 0.5) is 0 Å². The van der Waals surface area contributed by atoms with Crippen LogP contribution in [0.25, 0.3) is 0 Å². The topological polar surface area (TPSA) is 54.7 Å². The third-order valence-corrected chi connectivity index (χ3v) is 2.28. The van der Waals surface area contributed by atoms with E-state index >= 15 is 0 Å². The van der Waals surface area contributed by atoms with E-state index in [0.29, 0.717) is 0 Å². The van der Waals surface area contributed by atoms with Crippen molar-refractivity contribution in [3.8, 4) is 0 Å². The molecule has 10 heavy (non-hydrogen) atoms. The van der Waals surface area contributed by atoms with Crippen molar-refractivity contribution >= 4 is 0 Å². The van der Waals surface area contributed by atoms with E-state index in [1.54, 1.807) is 6.33 Å². The number of rotatable bonds is 1. The van der Waals surface area contributed by atoms with Gasteiger partial charge < -0.3 is 10.7 Å². The van der Waals surface area contributed by atoms with Crippen LogP contribution in [0.1, 0.15) is 25.0 Å². The van der Waals surface area contributed by atoms with E-state index in [0.717, 1.165) is 18.5 Å². The molecule has 3 heteroatoms. The zero-order valence-electron chi connectivity index (χ0n) is 5.80. The van der Waals surface area contributed by atoms with Crippen LogP contribution >= 0.6 is 0 Å². The van der Waals surface area contributed by atoms with E-state index in [1.165, 1.54) is 6.42 Å². The fourth-order valence-corrected chi connectivity index (χ4v) is 1.36. The second kappa shape index (κ2) is 1.83. The Bertz CT molecular complexity index is 211. The lowest BCUT2D eigenvalue weighted by atomic mass is 9.76. The van der Waals surface area contributed by atoms with Crippen LogP contribution in [0.15, 0.2) is 12.5 Å². The van der Waals surface area contributed by atoms with Crippen LogP contribution in [0, 0.1) is 0 Å². The van der Waals surface area contributed by atoms with Gasteiger partial charge in [-0.2, -0.15) is 0 Å². The summed E-state index contributed by atoms with van der Waals surface area (Å²) in [6.45, 7) is 0. The van der Waals surface area contributed by atoms with Gasteiger partial charge in [-0.25, -0.2) is 4.98 Å². The van der Waals surface area contributed by atoms with Crippen LogP contribution < -0.4 is 5.73 Å². The molecule has 0 amide bonds. The molecule has 1 fully saturated rings. The maximum Gasteiger partial charge on any atom is 0.0922 e. The number of hydrogen-bond acceptors (Lipinski definition) is 2. The standard InChI is InChI=1S/C7H11N3/c8-7(2-1-3-7)6-4-9-5-10-6/h4-5H,1-3,8H2,(H,9,10). The Morgan fingerprint density at radius 1 is 1.60 bits per heavy atom. The number of aromatic nitrogens is 2. The Kier molecular flexibility index (Phi) is 1.08. The zero-order chi connectivity index (χ0) is 7.03. The molecule has 0 bridgehead atoms. The van der Waals surface area contributed by atoms with Crippen LogP contribution in [0.5, 0.6) is 0 Å². The van der Waals surface area contributed by atoms with Crippen molar-refractivity contribution in [2.75, 3.05) is 0 Å². The van der Waals surface area contributed by atoms with Gasteiger partial charge in [-0.05, 0) is 19.3 Å². The highest BCUT2D eigenvalue weighted by Gasteiger charge is 2.35. The second-order valence-electron chi connectivity index (χ2n) is 2.97. The lowest BCUT2D eigenvalue weighted by Gasteiger charge is -2.36. The van der Waals surface area contributed by atoms with Crippen LogP contribution in [0.3, 0.4) is 0 Å². The minimum Gasteiger partial charge on any atom is -0.347 e. The molecule has 1 aromatic heterocycles. The first-order valence-electron chi connectivity index (χ1n) is 3.59. The molecule has 0 unspecified atom stereocenters. The van der Waals surface area contributed by atoms with Crippen molar-refractivity contribution in [2.24, 2.45) is 5.73 Å². The van der Waals surface area contributed by atoms with E-state index < -0.39 is 0 Å². The van der Waals surface area contributed by atoms with E-state index in [2.05, 4.69) is 9.97 Å². The van der Waals surface area contributed by atoms with Gasteiger partial charge >= 0.3 is 0 Å². The van der Waals surface area contributed by atoms with Crippen LogP contribution in [-0.2, 0) is 5.54 Å². The van der Waals surface area contributed by atoms with Gasteiger partial charge in [0.1, 0.15) is 0 Å². The average Bonchev–Trinajstić information content (AvgIpc) is 2.33. The van der Waals surface area contributed by atoms with Gasteiger partial charge in [0.05, 0.1) is 17.6 Å². The van der Waals surface area contributed by atoms with Crippen molar-refractivity contribution in [3.05, 3.63) is 18.2 Å². The van der Waals surface area contributed by atoms with Crippen molar-refractivity contribution in [1.29, 1.82) is 0 Å². The Balaban J connectivity index is 2.27. The normalized spacial score (nSPS) is 22.1. The van der Waals surface area contributed by atoms with Crippen molar-refractivity contribution in [3.63, 3.8) is 0 Å². The fraction of sp³-hybridized carbons (Fsp3) is 0.571. The molecule has 3 nitrogen and oxygen atoms in total. The lowest BCUT2D eigenvalue weighted by molar-refractivity contribution is 0.247. The highest BCUT2D eigenvalue weighted by atomic mass is 14.9. The van der Waals surface area contributed by atoms with E-state index in [9.17, 15) is 0 Å². The maximum absolute atomic E-state index is 6.00. The summed E-state index contributed by atoms with van der Waals surface area (Å²) in [6, 6.07) is 0. The molecule has 0 aromatic carbocycles. The molecule has 0 aliphatic heterocycles. The highest BCUT2D eigenvalue weighted by Crippen LogP contribution is 2.36. The smallest absolute Gasteiger partial charge is 0.0922 e. The first kappa shape index (κ1) is 5.92. The van der Waals surface area contributed by atoms with Gasteiger partial charge in [0.25, 0.3) is 0 Å². The SMILES string of the molecule is NC1(c2cnc[nH]2)CCC1. The van der Waals surface area contributed by atoms with Gasteiger partial charge in [-0.1, -0.05) is 0 Å². The number of nitrogens with zero attached hydrogens (tertiary/aromatic N) is 1. The Hall–Kier alpha value is -0.830. The molecule has 54 valence electrons. The molecular formula is C7H11N3. The molecule has 1 saturated carbocycles. The van der Waals surface area contributed by atoms with Gasteiger partial charge in [0, 0.05) is 6.20 Å². The monoisotopic (exact) mass is 137 g/mol. The minimum absolute atomic E-state index is 0.0729. The molecule has 3 N–H and O–H groups in total. The fourth-order valence-electron chi connectivity index (χ4n) is 1.36. The molecule has 1 aromatic rings. The van der Waals surface area contributed by atoms with E-state index in [-0.39, 0.29) is 5.54 Å². The van der Waals surface area contributed by atoms with Crippen molar-refractivity contribution < 1.29 is 0 Å². The van der Waals surface area contributed by atoms with E-state index in [4.69, 9.17) is 5.73 Å². The first-order chi connectivity index (χ1) is 4.81. The van der Waals surface area contributed by atoms with E-state index in [1.807, 2.05) is 6.20 Å². The quantitative estimate of drug-likeness (QED) is 0.600. The lowest BCUT2D eigenvalue weighted by Crippen LogP contribution is -2.43. The van der Waals surface area contributed by atoms with Gasteiger partial charge in [-0.15, -0.1) is 0 Å². The van der Waals surface area contributed by atoms with Gasteiger partial charge in [0.2, 0.25) is 0 Å². The van der Waals surface area contributed by atoms with Gasteiger partial charge in [0.15, 0.2) is 0 Å². The second-order valence-corrected chi connectivity index (χ2v) is 2.97. The largest absolute Gasteiger partial charge is 0.347 e. The molecule has 1 aliphatic rings. The first-order valence-corrected chi connectivity index (χ1v) is 3.59. The predicted molar refractivity (Wildman–Crippen MR) is 38.3 cm³/mol. The number of aromatic amines is 1. The number of H-pyrrole nitrogens is 1. The maximum atomic E-state index is 6.00. The summed E-state index contributed by atoms with van der Waals surface area (Å²) in [5.41, 5.74) is 7.01. The predicted octanol–water partition coefficient (Wildman–Crippen LogP) is 0.748. The zero-order valence-corrected chi connectivity index (χ0v) is 5.80. The summed E-state index contributed by atoms with van der Waals surface area (Å²) in [5.74, 6) is 0. The molecule has 0 atom stereocenters. The summed E-state index contributed by atoms with van der Waals surface area (Å²) in [6.07, 6.45) is 6.93. The highest BCUT2D eigenvalue weighted by molar-refractivity contribution is 5.14. The number of imidazole rings is 1.